The number of hydrogen-bond acceptors (Lipinski definition) is 6. The summed E-state index contributed by atoms with van der Waals surface area (Å²) < 4.78 is 41.5. The van der Waals surface area contributed by atoms with Crippen LogP contribution in [0.5, 0.6) is 0 Å². The van der Waals surface area contributed by atoms with Crippen molar-refractivity contribution in [2.45, 2.75) is 25.4 Å². The molecule has 0 unspecified atom stereocenters. The fourth-order valence-corrected chi connectivity index (χ4v) is 4.62. The number of halogens is 1. The number of rotatable bonds is 5. The Balaban J connectivity index is 1.68. The van der Waals surface area contributed by atoms with Gasteiger partial charge in [-0.2, -0.15) is 9.40 Å². The van der Waals surface area contributed by atoms with Gasteiger partial charge in [0, 0.05) is 26.2 Å². The molecule has 0 saturated carbocycles. The summed E-state index contributed by atoms with van der Waals surface area (Å²) in [4.78, 5) is 12.6. The van der Waals surface area contributed by atoms with Crippen molar-refractivity contribution in [1.29, 1.82) is 0 Å². The van der Waals surface area contributed by atoms with Crippen molar-refractivity contribution in [2.24, 2.45) is 0 Å². The third-order valence-corrected chi connectivity index (χ3v) is 6.52. The van der Waals surface area contributed by atoms with E-state index >= 15 is 0 Å². The van der Waals surface area contributed by atoms with Crippen molar-refractivity contribution < 1.29 is 17.7 Å². The zero-order valence-electron chi connectivity index (χ0n) is 15.0. The zero-order valence-corrected chi connectivity index (χ0v) is 15.8. The van der Waals surface area contributed by atoms with Crippen LogP contribution in [0.15, 0.2) is 29.2 Å². The molecular weight excluding hydrogens is 377 g/mol. The monoisotopic (exact) mass is 397 g/mol. The standard InChI is InChI=1S/C16H20FN5O4S/c1-12-16(22(23)24)13(2)21(18-12)11-19-6-8-20(9-7-19)27(25,26)15-5-3-4-14(17)10-15/h3-5,10H,6-9,11H2,1-2H3. The average Bonchev–Trinajstić information content (AvgIpc) is 2.89. The molecule has 1 aromatic carbocycles. The molecule has 11 heteroatoms. The lowest BCUT2D eigenvalue weighted by atomic mass is 10.3. The fourth-order valence-electron chi connectivity index (χ4n) is 3.17. The summed E-state index contributed by atoms with van der Waals surface area (Å²) in [6.07, 6.45) is 0. The number of aromatic nitrogens is 2. The maximum atomic E-state index is 13.3. The van der Waals surface area contributed by atoms with Crippen LogP contribution < -0.4 is 0 Å². The molecule has 2 aromatic rings. The maximum Gasteiger partial charge on any atom is 0.312 e. The lowest BCUT2D eigenvalue weighted by Gasteiger charge is -2.33. The van der Waals surface area contributed by atoms with Crippen molar-refractivity contribution in [3.8, 4) is 0 Å². The molecule has 1 fully saturated rings. The van der Waals surface area contributed by atoms with Gasteiger partial charge in [-0.25, -0.2) is 17.5 Å². The molecular formula is C16H20FN5O4S. The van der Waals surface area contributed by atoms with E-state index in [4.69, 9.17) is 0 Å². The van der Waals surface area contributed by atoms with Crippen molar-refractivity contribution in [3.63, 3.8) is 0 Å². The minimum Gasteiger partial charge on any atom is -0.282 e. The van der Waals surface area contributed by atoms with E-state index in [-0.39, 0.29) is 23.7 Å². The van der Waals surface area contributed by atoms with Gasteiger partial charge < -0.3 is 0 Å². The van der Waals surface area contributed by atoms with E-state index in [1.807, 2.05) is 4.90 Å². The van der Waals surface area contributed by atoms with Gasteiger partial charge in [0.1, 0.15) is 17.2 Å². The Morgan fingerprint density at radius 3 is 2.44 bits per heavy atom. The number of hydrogen-bond donors (Lipinski definition) is 0. The van der Waals surface area contributed by atoms with Crippen LogP contribution in [0, 0.1) is 29.8 Å². The minimum absolute atomic E-state index is 0.00215. The number of nitro groups is 1. The molecule has 1 aromatic heterocycles. The normalized spacial score (nSPS) is 16.6. The van der Waals surface area contributed by atoms with Crippen LogP contribution in [-0.4, -0.2) is 58.5 Å². The number of nitrogens with zero attached hydrogens (tertiary/aromatic N) is 5. The van der Waals surface area contributed by atoms with Crippen molar-refractivity contribution in [3.05, 3.63) is 51.6 Å². The Morgan fingerprint density at radius 1 is 1.22 bits per heavy atom. The van der Waals surface area contributed by atoms with Crippen LogP contribution in [-0.2, 0) is 16.7 Å². The van der Waals surface area contributed by atoms with Gasteiger partial charge in [-0.05, 0) is 32.0 Å². The van der Waals surface area contributed by atoms with E-state index in [0.29, 0.717) is 31.1 Å². The highest BCUT2D eigenvalue weighted by atomic mass is 32.2. The second kappa shape index (κ2) is 7.33. The van der Waals surface area contributed by atoms with E-state index in [1.165, 1.54) is 22.5 Å². The lowest BCUT2D eigenvalue weighted by Crippen LogP contribution is -2.49. The largest absolute Gasteiger partial charge is 0.312 e. The first-order valence-electron chi connectivity index (χ1n) is 8.36. The van der Waals surface area contributed by atoms with Gasteiger partial charge in [0.2, 0.25) is 10.0 Å². The molecule has 1 saturated heterocycles. The summed E-state index contributed by atoms with van der Waals surface area (Å²) in [5.74, 6) is -0.596. The molecule has 146 valence electrons. The molecule has 1 aliphatic rings. The molecule has 3 rings (SSSR count). The van der Waals surface area contributed by atoms with Crippen molar-refractivity contribution in [1.82, 2.24) is 19.0 Å². The summed E-state index contributed by atoms with van der Waals surface area (Å²) in [6, 6.07) is 4.95. The van der Waals surface area contributed by atoms with Crippen LogP contribution in [0.25, 0.3) is 0 Å². The molecule has 2 heterocycles. The van der Waals surface area contributed by atoms with Crippen LogP contribution in [0.2, 0.25) is 0 Å². The first kappa shape index (κ1) is 19.4. The summed E-state index contributed by atoms with van der Waals surface area (Å²) in [6.45, 7) is 4.96. The van der Waals surface area contributed by atoms with Crippen molar-refractivity contribution >= 4 is 15.7 Å². The van der Waals surface area contributed by atoms with Gasteiger partial charge in [0.05, 0.1) is 16.5 Å². The lowest BCUT2D eigenvalue weighted by molar-refractivity contribution is -0.386. The van der Waals surface area contributed by atoms with Crippen LogP contribution in [0.4, 0.5) is 10.1 Å². The highest BCUT2D eigenvalue weighted by Crippen LogP contribution is 2.23. The smallest absolute Gasteiger partial charge is 0.282 e. The fraction of sp³-hybridized carbons (Fsp3) is 0.438. The van der Waals surface area contributed by atoms with E-state index in [1.54, 1.807) is 18.5 Å². The van der Waals surface area contributed by atoms with E-state index < -0.39 is 20.8 Å². The van der Waals surface area contributed by atoms with Crippen LogP contribution >= 0.6 is 0 Å². The first-order valence-corrected chi connectivity index (χ1v) is 9.80. The Kier molecular flexibility index (Phi) is 5.27. The van der Waals surface area contributed by atoms with Gasteiger partial charge in [-0.3, -0.25) is 15.0 Å². The van der Waals surface area contributed by atoms with Crippen LogP contribution in [0.3, 0.4) is 0 Å². The molecule has 0 amide bonds. The molecule has 0 aliphatic carbocycles. The highest BCUT2D eigenvalue weighted by molar-refractivity contribution is 7.89. The Bertz CT molecular complexity index is 967. The van der Waals surface area contributed by atoms with E-state index in [0.717, 1.165) is 6.07 Å². The minimum atomic E-state index is -3.75. The molecule has 0 spiro atoms. The summed E-state index contributed by atoms with van der Waals surface area (Å²) >= 11 is 0. The summed E-state index contributed by atoms with van der Waals surface area (Å²) in [5.41, 5.74) is 0.819. The SMILES string of the molecule is Cc1nn(CN2CCN(S(=O)(=O)c3cccc(F)c3)CC2)c(C)c1[N+](=O)[O-]. The predicted octanol–water partition coefficient (Wildman–Crippen LogP) is 1.51. The molecule has 0 bridgehead atoms. The molecule has 1 aliphatic heterocycles. The van der Waals surface area contributed by atoms with Gasteiger partial charge in [0.25, 0.3) is 0 Å². The maximum absolute atomic E-state index is 13.3. The Labute approximate surface area is 156 Å². The number of benzene rings is 1. The highest BCUT2D eigenvalue weighted by Gasteiger charge is 2.30. The van der Waals surface area contributed by atoms with E-state index in [9.17, 15) is 22.9 Å². The Morgan fingerprint density at radius 2 is 1.89 bits per heavy atom. The van der Waals surface area contributed by atoms with E-state index in [2.05, 4.69) is 5.10 Å². The topological polar surface area (TPSA) is 102 Å². The molecule has 27 heavy (non-hydrogen) atoms. The Hall–Kier alpha value is -2.37. The molecule has 0 radical (unpaired) electrons. The molecule has 0 N–H and O–H groups in total. The number of aryl methyl sites for hydroxylation is 1. The summed E-state index contributed by atoms with van der Waals surface area (Å²) in [5, 5.41) is 15.3. The molecule has 9 nitrogen and oxygen atoms in total. The third kappa shape index (κ3) is 3.84. The predicted molar refractivity (Wildman–Crippen MR) is 95.1 cm³/mol. The van der Waals surface area contributed by atoms with Gasteiger partial charge in [-0.15, -0.1) is 0 Å². The second-order valence-corrected chi connectivity index (χ2v) is 8.33. The van der Waals surface area contributed by atoms with Gasteiger partial charge >= 0.3 is 5.69 Å². The zero-order chi connectivity index (χ0) is 19.8. The summed E-state index contributed by atoms with van der Waals surface area (Å²) in [7, 11) is -3.75. The number of piperazine rings is 1. The van der Waals surface area contributed by atoms with Gasteiger partial charge in [0.15, 0.2) is 0 Å². The van der Waals surface area contributed by atoms with Crippen LogP contribution in [0.1, 0.15) is 11.4 Å². The third-order valence-electron chi connectivity index (χ3n) is 4.62. The number of sulfonamides is 1. The van der Waals surface area contributed by atoms with Gasteiger partial charge in [-0.1, -0.05) is 6.07 Å². The molecule has 0 atom stereocenters. The average molecular weight is 397 g/mol. The second-order valence-electron chi connectivity index (χ2n) is 6.40. The first-order chi connectivity index (χ1) is 12.7. The van der Waals surface area contributed by atoms with Crippen molar-refractivity contribution in [2.75, 3.05) is 26.2 Å². The quantitative estimate of drug-likeness (QED) is 0.560.